The Morgan fingerprint density at radius 2 is 2.35 bits per heavy atom. The van der Waals surface area contributed by atoms with E-state index in [0.29, 0.717) is 0 Å². The minimum absolute atomic E-state index is 0.0270. The summed E-state index contributed by atoms with van der Waals surface area (Å²) in [6.07, 6.45) is 3.91. The number of hydrogen-bond donors (Lipinski definition) is 1. The van der Waals surface area contributed by atoms with Crippen molar-refractivity contribution in [2.45, 2.75) is 18.9 Å². The normalized spacial score (nSPS) is 18.8. The summed E-state index contributed by atoms with van der Waals surface area (Å²) in [5.41, 5.74) is 0.755. The molecule has 0 bridgehead atoms. The number of carbonyl (C=O) groups is 1. The fourth-order valence-corrected chi connectivity index (χ4v) is 3.14. The first-order valence-electron chi connectivity index (χ1n) is 6.82. The number of aromatic nitrogens is 1. The van der Waals surface area contributed by atoms with Crippen molar-refractivity contribution in [3.05, 3.63) is 46.8 Å². The molecule has 0 aliphatic carbocycles. The monoisotopic (exact) mass is 287 g/mol. The average molecular weight is 287 g/mol. The van der Waals surface area contributed by atoms with Crippen molar-refractivity contribution in [1.29, 1.82) is 0 Å². The van der Waals surface area contributed by atoms with Gasteiger partial charge < -0.3 is 10.2 Å². The van der Waals surface area contributed by atoms with E-state index in [1.54, 1.807) is 11.3 Å². The maximum Gasteiger partial charge on any atom is 0.252 e. The van der Waals surface area contributed by atoms with Gasteiger partial charge in [0.25, 0.3) is 5.91 Å². The predicted molar refractivity (Wildman–Crippen MR) is 81.3 cm³/mol. The summed E-state index contributed by atoms with van der Waals surface area (Å²) in [7, 11) is 0. The summed E-state index contributed by atoms with van der Waals surface area (Å²) in [6.45, 7) is 1.83. The van der Waals surface area contributed by atoms with E-state index in [1.807, 2.05) is 41.2 Å². The van der Waals surface area contributed by atoms with E-state index in [0.717, 1.165) is 37.3 Å². The van der Waals surface area contributed by atoms with E-state index >= 15 is 0 Å². The van der Waals surface area contributed by atoms with Crippen LogP contribution < -0.4 is 10.2 Å². The van der Waals surface area contributed by atoms with E-state index in [2.05, 4.69) is 15.2 Å². The second-order valence-electron chi connectivity index (χ2n) is 4.96. The molecule has 1 aliphatic rings. The lowest BCUT2D eigenvalue weighted by Crippen LogP contribution is -2.48. The Morgan fingerprint density at radius 1 is 1.40 bits per heavy atom. The lowest BCUT2D eigenvalue weighted by Gasteiger charge is -2.33. The van der Waals surface area contributed by atoms with Crippen LogP contribution in [0.25, 0.3) is 0 Å². The smallest absolute Gasteiger partial charge is 0.252 e. The molecule has 1 N–H and O–H groups in total. The number of amides is 1. The Labute approximate surface area is 122 Å². The first-order chi connectivity index (χ1) is 9.83. The Balaban J connectivity index is 1.62. The van der Waals surface area contributed by atoms with Crippen LogP contribution in [0.4, 0.5) is 5.82 Å². The van der Waals surface area contributed by atoms with Gasteiger partial charge in [0, 0.05) is 36.3 Å². The van der Waals surface area contributed by atoms with Crippen LogP contribution in [0.1, 0.15) is 23.2 Å². The van der Waals surface area contributed by atoms with E-state index in [4.69, 9.17) is 0 Å². The van der Waals surface area contributed by atoms with Crippen LogP contribution in [0.2, 0.25) is 0 Å². The van der Waals surface area contributed by atoms with Gasteiger partial charge >= 0.3 is 0 Å². The lowest BCUT2D eigenvalue weighted by molar-refractivity contribution is 0.0933. The minimum Gasteiger partial charge on any atom is -0.355 e. The maximum atomic E-state index is 12.1. The summed E-state index contributed by atoms with van der Waals surface area (Å²) >= 11 is 1.55. The molecule has 0 unspecified atom stereocenters. The van der Waals surface area contributed by atoms with Gasteiger partial charge in [0.1, 0.15) is 5.82 Å². The standard InChI is InChI=1S/C15H17N3OS/c19-15(12-6-9-20-11-12)17-13-4-3-8-18(10-13)14-5-1-2-7-16-14/h1-2,5-7,9,11,13H,3-4,8,10H2,(H,17,19)/t13-/m1/s1. The summed E-state index contributed by atoms with van der Waals surface area (Å²) < 4.78 is 0. The van der Waals surface area contributed by atoms with E-state index in [9.17, 15) is 4.79 Å². The number of pyridine rings is 1. The molecule has 3 heterocycles. The van der Waals surface area contributed by atoms with Crippen LogP contribution in [0.5, 0.6) is 0 Å². The second-order valence-corrected chi connectivity index (χ2v) is 5.74. The number of anilines is 1. The van der Waals surface area contributed by atoms with Crippen LogP contribution in [-0.2, 0) is 0 Å². The van der Waals surface area contributed by atoms with Gasteiger partial charge in [-0.25, -0.2) is 4.98 Å². The minimum atomic E-state index is 0.0270. The largest absolute Gasteiger partial charge is 0.355 e. The Kier molecular flexibility index (Phi) is 3.97. The van der Waals surface area contributed by atoms with Crippen LogP contribution >= 0.6 is 11.3 Å². The summed E-state index contributed by atoms with van der Waals surface area (Å²) in [6, 6.07) is 7.99. The summed E-state index contributed by atoms with van der Waals surface area (Å²) in [4.78, 5) is 18.7. The molecule has 1 fully saturated rings. The van der Waals surface area contributed by atoms with Crippen LogP contribution in [0.15, 0.2) is 41.2 Å². The highest BCUT2D eigenvalue weighted by molar-refractivity contribution is 7.08. The van der Waals surface area contributed by atoms with Crippen molar-refractivity contribution < 1.29 is 4.79 Å². The van der Waals surface area contributed by atoms with Crippen molar-refractivity contribution in [3.8, 4) is 0 Å². The van der Waals surface area contributed by atoms with E-state index < -0.39 is 0 Å². The molecule has 0 radical (unpaired) electrons. The van der Waals surface area contributed by atoms with Crippen LogP contribution in [-0.4, -0.2) is 30.0 Å². The molecule has 4 nitrogen and oxygen atoms in total. The second kappa shape index (κ2) is 6.05. The van der Waals surface area contributed by atoms with Gasteiger partial charge in [-0.15, -0.1) is 0 Å². The Bertz CT molecular complexity index is 556. The molecular formula is C15H17N3OS. The van der Waals surface area contributed by atoms with Gasteiger partial charge in [-0.1, -0.05) is 6.07 Å². The number of nitrogens with one attached hydrogen (secondary N) is 1. The summed E-state index contributed by atoms with van der Waals surface area (Å²) in [5, 5.41) is 6.93. The van der Waals surface area contributed by atoms with Crippen molar-refractivity contribution >= 4 is 23.1 Å². The van der Waals surface area contributed by atoms with Crippen molar-refractivity contribution in [1.82, 2.24) is 10.3 Å². The third-order valence-electron chi connectivity index (χ3n) is 3.51. The fraction of sp³-hybridized carbons (Fsp3) is 0.333. The third-order valence-corrected chi connectivity index (χ3v) is 4.20. The number of thiophene rings is 1. The SMILES string of the molecule is O=C(N[C@@H]1CCCN(c2ccccn2)C1)c1ccsc1. The highest BCUT2D eigenvalue weighted by Gasteiger charge is 2.22. The molecule has 1 aliphatic heterocycles. The number of rotatable bonds is 3. The highest BCUT2D eigenvalue weighted by atomic mass is 32.1. The zero-order chi connectivity index (χ0) is 13.8. The van der Waals surface area contributed by atoms with Gasteiger partial charge in [-0.05, 0) is 36.4 Å². The molecule has 0 spiro atoms. The third kappa shape index (κ3) is 2.99. The predicted octanol–water partition coefficient (Wildman–Crippen LogP) is 2.54. The molecule has 1 amide bonds. The van der Waals surface area contributed by atoms with Gasteiger partial charge in [0.2, 0.25) is 0 Å². The molecule has 2 aromatic rings. The molecule has 20 heavy (non-hydrogen) atoms. The molecule has 1 saturated heterocycles. The van der Waals surface area contributed by atoms with Gasteiger partial charge in [-0.2, -0.15) is 11.3 Å². The van der Waals surface area contributed by atoms with Crippen LogP contribution in [0.3, 0.4) is 0 Å². The van der Waals surface area contributed by atoms with Gasteiger partial charge in [0.15, 0.2) is 0 Å². The number of carbonyl (C=O) groups excluding carboxylic acids is 1. The molecular weight excluding hydrogens is 270 g/mol. The fourth-order valence-electron chi connectivity index (χ4n) is 2.51. The quantitative estimate of drug-likeness (QED) is 0.943. The molecule has 3 rings (SSSR count). The summed E-state index contributed by atoms with van der Waals surface area (Å²) in [5.74, 6) is 1.01. The number of piperidine rings is 1. The average Bonchev–Trinajstić information content (AvgIpc) is 3.03. The van der Waals surface area contributed by atoms with Gasteiger partial charge in [-0.3, -0.25) is 4.79 Å². The zero-order valence-electron chi connectivity index (χ0n) is 11.2. The molecule has 0 saturated carbocycles. The van der Waals surface area contributed by atoms with Crippen LogP contribution in [0, 0.1) is 0 Å². The zero-order valence-corrected chi connectivity index (χ0v) is 12.0. The van der Waals surface area contributed by atoms with E-state index in [-0.39, 0.29) is 11.9 Å². The van der Waals surface area contributed by atoms with E-state index in [1.165, 1.54) is 0 Å². The highest BCUT2D eigenvalue weighted by Crippen LogP contribution is 2.17. The Morgan fingerprint density at radius 3 is 3.10 bits per heavy atom. The maximum absolute atomic E-state index is 12.1. The molecule has 5 heteroatoms. The number of nitrogens with zero attached hydrogens (tertiary/aromatic N) is 2. The lowest BCUT2D eigenvalue weighted by atomic mass is 10.1. The van der Waals surface area contributed by atoms with Gasteiger partial charge in [0.05, 0.1) is 0 Å². The van der Waals surface area contributed by atoms with Crippen molar-refractivity contribution in [2.24, 2.45) is 0 Å². The van der Waals surface area contributed by atoms with Crippen molar-refractivity contribution in [2.75, 3.05) is 18.0 Å². The molecule has 0 aromatic carbocycles. The van der Waals surface area contributed by atoms with Crippen molar-refractivity contribution in [3.63, 3.8) is 0 Å². The first-order valence-corrected chi connectivity index (χ1v) is 7.76. The molecule has 1 atom stereocenters. The molecule has 2 aromatic heterocycles. The number of hydrogen-bond acceptors (Lipinski definition) is 4. The molecule has 104 valence electrons. The Hall–Kier alpha value is -1.88. The topological polar surface area (TPSA) is 45.2 Å². The first kappa shape index (κ1) is 13.1.